The third-order valence-corrected chi connectivity index (χ3v) is 6.97. The van der Waals surface area contributed by atoms with Crippen LogP contribution in [-0.4, -0.2) is 38.2 Å². The van der Waals surface area contributed by atoms with Crippen LogP contribution in [-0.2, 0) is 21.4 Å². The summed E-state index contributed by atoms with van der Waals surface area (Å²) in [5.41, 5.74) is 2.51. The largest absolute Gasteiger partial charge is 0.496 e. The van der Waals surface area contributed by atoms with E-state index in [-0.39, 0.29) is 24.1 Å². The Labute approximate surface area is 182 Å². The van der Waals surface area contributed by atoms with Crippen molar-refractivity contribution in [3.05, 3.63) is 96.1 Å². The molecule has 1 aliphatic heterocycles. The Bertz CT molecular complexity index is 1150. The van der Waals surface area contributed by atoms with Crippen LogP contribution in [0.3, 0.4) is 0 Å². The molecule has 1 aliphatic rings. The van der Waals surface area contributed by atoms with Crippen LogP contribution in [0.15, 0.2) is 95.0 Å². The van der Waals surface area contributed by atoms with Crippen LogP contribution in [0.5, 0.6) is 5.75 Å². The number of rotatable bonds is 8. The topological polar surface area (TPSA) is 68.2 Å². The predicted octanol–water partition coefficient (Wildman–Crippen LogP) is 4.08. The lowest BCUT2D eigenvalue weighted by Gasteiger charge is -2.24. The first-order valence-corrected chi connectivity index (χ1v) is 11.5. The first kappa shape index (κ1) is 21.1. The van der Waals surface area contributed by atoms with Crippen molar-refractivity contribution in [2.45, 2.75) is 24.0 Å². The Morgan fingerprint density at radius 2 is 1.61 bits per heavy atom. The van der Waals surface area contributed by atoms with Gasteiger partial charge in [-0.05, 0) is 29.8 Å². The normalized spacial score (nSPS) is 16.1. The lowest BCUT2D eigenvalue weighted by molar-refractivity contribution is 0.0694. The van der Waals surface area contributed by atoms with Gasteiger partial charge in [0.15, 0.2) is 0 Å². The average molecular weight is 437 g/mol. The monoisotopic (exact) mass is 436 g/mol. The summed E-state index contributed by atoms with van der Waals surface area (Å²) in [5.74, 6) is 0.712. The van der Waals surface area contributed by atoms with Crippen LogP contribution in [0.2, 0.25) is 0 Å². The van der Waals surface area contributed by atoms with Gasteiger partial charge < -0.3 is 9.57 Å². The fraction of sp³-hybridized carbons (Fsp3) is 0.208. The summed E-state index contributed by atoms with van der Waals surface area (Å²) >= 11 is 0. The van der Waals surface area contributed by atoms with Crippen LogP contribution in [0, 0.1) is 0 Å². The minimum atomic E-state index is -3.70. The van der Waals surface area contributed by atoms with Gasteiger partial charge in [0, 0.05) is 18.5 Å². The van der Waals surface area contributed by atoms with Crippen LogP contribution >= 0.6 is 0 Å². The number of nitrogens with zero attached hydrogens (tertiary/aromatic N) is 2. The summed E-state index contributed by atoms with van der Waals surface area (Å²) < 4.78 is 33.7. The van der Waals surface area contributed by atoms with E-state index in [4.69, 9.17) is 9.57 Å². The van der Waals surface area contributed by atoms with Crippen molar-refractivity contribution < 1.29 is 18.0 Å². The molecule has 1 heterocycles. The molecule has 160 valence electrons. The Balaban J connectivity index is 1.56. The van der Waals surface area contributed by atoms with E-state index in [0.717, 1.165) is 16.8 Å². The zero-order chi connectivity index (χ0) is 21.7. The van der Waals surface area contributed by atoms with E-state index in [2.05, 4.69) is 5.16 Å². The van der Waals surface area contributed by atoms with Gasteiger partial charge in [-0.25, -0.2) is 8.42 Å². The standard InChI is InChI=1S/C24H24N2O4S/c1-29-24-15-9-8-14-22(24)23-16-20(30-25-23)18-26(17-19-10-4-2-5-11-19)31(27,28)21-12-6-3-7-13-21/h2-15,20H,16-18H2,1H3. The van der Waals surface area contributed by atoms with Gasteiger partial charge >= 0.3 is 0 Å². The molecule has 3 aromatic rings. The van der Waals surface area contributed by atoms with E-state index in [1.54, 1.807) is 37.4 Å². The van der Waals surface area contributed by atoms with Crippen molar-refractivity contribution in [2.24, 2.45) is 5.16 Å². The third kappa shape index (κ3) is 4.78. The zero-order valence-electron chi connectivity index (χ0n) is 17.2. The van der Waals surface area contributed by atoms with Crippen LogP contribution in [0.4, 0.5) is 0 Å². The molecule has 0 fully saturated rings. The number of sulfonamides is 1. The highest BCUT2D eigenvalue weighted by atomic mass is 32.2. The SMILES string of the molecule is COc1ccccc1C1=NOC(CN(Cc2ccccc2)S(=O)(=O)c2ccccc2)C1. The molecule has 0 N–H and O–H groups in total. The molecular formula is C24H24N2O4S. The second-order valence-corrected chi connectivity index (χ2v) is 9.20. The van der Waals surface area contributed by atoms with Gasteiger partial charge in [-0.15, -0.1) is 0 Å². The van der Waals surface area contributed by atoms with Crippen molar-refractivity contribution in [3.63, 3.8) is 0 Å². The maximum absolute atomic E-state index is 13.4. The first-order chi connectivity index (χ1) is 15.1. The van der Waals surface area contributed by atoms with Crippen LogP contribution < -0.4 is 4.74 Å². The molecular weight excluding hydrogens is 412 g/mol. The third-order valence-electron chi connectivity index (χ3n) is 5.14. The van der Waals surface area contributed by atoms with Crippen molar-refractivity contribution in [3.8, 4) is 5.75 Å². The Morgan fingerprint density at radius 3 is 2.32 bits per heavy atom. The van der Waals surface area contributed by atoms with Gasteiger partial charge in [0.25, 0.3) is 0 Å². The highest BCUT2D eigenvalue weighted by Gasteiger charge is 2.32. The van der Waals surface area contributed by atoms with Gasteiger partial charge in [0.05, 0.1) is 24.3 Å². The molecule has 6 nitrogen and oxygen atoms in total. The molecule has 3 aromatic carbocycles. The van der Waals surface area contributed by atoms with Gasteiger partial charge in [0.1, 0.15) is 11.9 Å². The highest BCUT2D eigenvalue weighted by molar-refractivity contribution is 7.89. The van der Waals surface area contributed by atoms with E-state index in [0.29, 0.717) is 12.2 Å². The van der Waals surface area contributed by atoms with Crippen molar-refractivity contribution >= 4 is 15.7 Å². The molecule has 31 heavy (non-hydrogen) atoms. The van der Waals surface area contributed by atoms with Crippen molar-refractivity contribution in [1.82, 2.24) is 4.31 Å². The van der Waals surface area contributed by atoms with E-state index >= 15 is 0 Å². The Hall–Kier alpha value is -3.16. The number of benzene rings is 3. The molecule has 0 saturated heterocycles. The molecule has 1 atom stereocenters. The molecule has 0 amide bonds. The molecule has 0 bridgehead atoms. The summed E-state index contributed by atoms with van der Waals surface area (Å²) in [7, 11) is -2.09. The number of para-hydroxylation sites is 1. The summed E-state index contributed by atoms with van der Waals surface area (Å²) in [4.78, 5) is 5.90. The summed E-state index contributed by atoms with van der Waals surface area (Å²) in [6.07, 6.45) is 0.109. The smallest absolute Gasteiger partial charge is 0.243 e. The number of hydrogen-bond acceptors (Lipinski definition) is 5. The molecule has 4 rings (SSSR count). The molecule has 0 aromatic heterocycles. The zero-order valence-corrected chi connectivity index (χ0v) is 18.0. The minimum Gasteiger partial charge on any atom is -0.496 e. The maximum atomic E-state index is 13.4. The predicted molar refractivity (Wildman–Crippen MR) is 120 cm³/mol. The molecule has 0 aliphatic carbocycles. The van der Waals surface area contributed by atoms with Crippen LogP contribution in [0.25, 0.3) is 0 Å². The summed E-state index contributed by atoms with van der Waals surface area (Å²) in [6.45, 7) is 0.441. The Morgan fingerprint density at radius 1 is 0.968 bits per heavy atom. The second kappa shape index (κ2) is 9.32. The van der Waals surface area contributed by atoms with Crippen molar-refractivity contribution in [1.29, 1.82) is 0 Å². The first-order valence-electron chi connectivity index (χ1n) is 10.0. The lowest BCUT2D eigenvalue weighted by Crippen LogP contribution is -2.37. The van der Waals surface area contributed by atoms with E-state index in [1.807, 2.05) is 54.6 Å². The van der Waals surface area contributed by atoms with E-state index < -0.39 is 10.0 Å². The Kier molecular flexibility index (Phi) is 6.34. The fourth-order valence-corrected chi connectivity index (χ4v) is 5.05. The second-order valence-electron chi connectivity index (χ2n) is 7.27. The molecule has 1 unspecified atom stereocenters. The van der Waals surface area contributed by atoms with Crippen LogP contribution in [0.1, 0.15) is 17.5 Å². The van der Waals surface area contributed by atoms with Gasteiger partial charge in [-0.3, -0.25) is 0 Å². The van der Waals surface area contributed by atoms with Gasteiger partial charge in [0.2, 0.25) is 10.0 Å². The van der Waals surface area contributed by atoms with E-state index in [1.165, 1.54) is 4.31 Å². The molecule has 0 saturated carbocycles. The van der Waals surface area contributed by atoms with Gasteiger partial charge in [-0.2, -0.15) is 4.31 Å². The van der Waals surface area contributed by atoms with E-state index in [9.17, 15) is 8.42 Å². The average Bonchev–Trinajstić information content (AvgIpc) is 3.28. The van der Waals surface area contributed by atoms with Crippen molar-refractivity contribution in [2.75, 3.05) is 13.7 Å². The lowest BCUT2D eigenvalue weighted by atomic mass is 10.0. The fourth-order valence-electron chi connectivity index (χ4n) is 3.57. The number of methoxy groups -OCH3 is 1. The summed E-state index contributed by atoms with van der Waals surface area (Å²) in [5, 5.41) is 4.23. The quantitative estimate of drug-likeness (QED) is 0.534. The maximum Gasteiger partial charge on any atom is 0.243 e. The minimum absolute atomic E-state index is 0.189. The number of ether oxygens (including phenoxy) is 1. The molecule has 0 spiro atoms. The molecule has 0 radical (unpaired) electrons. The highest BCUT2D eigenvalue weighted by Crippen LogP contribution is 2.26. The number of hydrogen-bond donors (Lipinski definition) is 0. The molecule has 7 heteroatoms. The van der Waals surface area contributed by atoms with Gasteiger partial charge in [-0.1, -0.05) is 65.8 Å². The summed E-state index contributed by atoms with van der Waals surface area (Å²) in [6, 6.07) is 25.6. The number of oxime groups is 1.